The van der Waals surface area contributed by atoms with Crippen LogP contribution in [0, 0.1) is 0 Å². The van der Waals surface area contributed by atoms with E-state index >= 15 is 0 Å². The predicted octanol–water partition coefficient (Wildman–Crippen LogP) is 11.7. The number of unbranched alkanes of at least 4 members (excludes halogenated alkanes) is 9. The van der Waals surface area contributed by atoms with Crippen molar-refractivity contribution in [2.45, 2.75) is 104 Å². The molecule has 0 unspecified atom stereocenters. The second kappa shape index (κ2) is 19.8. The summed E-state index contributed by atoms with van der Waals surface area (Å²) in [5, 5.41) is 2.14. The number of hydrogen-bond acceptors (Lipinski definition) is 6. The normalized spacial score (nSPS) is 11.7. The van der Waals surface area contributed by atoms with Crippen molar-refractivity contribution in [3.63, 3.8) is 0 Å². The highest BCUT2D eigenvalue weighted by Crippen LogP contribution is 2.29. The molecule has 4 rings (SSSR count). The van der Waals surface area contributed by atoms with Gasteiger partial charge in [0.25, 0.3) is 0 Å². The average molecular weight is 667 g/mol. The fourth-order valence-electron chi connectivity index (χ4n) is 5.63. The molecule has 0 bridgehead atoms. The number of carbonyl (C=O) groups excluding carboxylic acids is 3. The van der Waals surface area contributed by atoms with Gasteiger partial charge in [-0.15, -0.1) is 0 Å². The molecule has 4 aromatic rings. The highest BCUT2D eigenvalue weighted by molar-refractivity contribution is 8.13. The van der Waals surface area contributed by atoms with E-state index in [0.29, 0.717) is 23.5 Å². The molecule has 0 N–H and O–H groups in total. The molecule has 0 saturated carbocycles. The molecule has 254 valence electrons. The van der Waals surface area contributed by atoms with Crippen molar-refractivity contribution in [1.82, 2.24) is 0 Å². The van der Waals surface area contributed by atoms with Gasteiger partial charge in [-0.25, -0.2) is 4.79 Å². The van der Waals surface area contributed by atoms with Crippen LogP contribution >= 0.6 is 11.8 Å². The zero-order valence-electron chi connectivity index (χ0n) is 28.8. The van der Waals surface area contributed by atoms with Crippen molar-refractivity contribution >= 4 is 39.6 Å². The van der Waals surface area contributed by atoms with Crippen LogP contribution in [0.15, 0.2) is 84.9 Å². The summed E-state index contributed by atoms with van der Waals surface area (Å²) in [7, 11) is 0. The topological polar surface area (TPSA) is 69.7 Å². The molecule has 0 radical (unpaired) electrons. The quantitative estimate of drug-likeness (QED) is 0.0563. The van der Waals surface area contributed by atoms with Crippen LogP contribution < -0.4 is 9.47 Å². The summed E-state index contributed by atoms with van der Waals surface area (Å²) in [6.07, 6.45) is 13.2. The number of thioether (sulfide) groups is 1. The van der Waals surface area contributed by atoms with Crippen molar-refractivity contribution in [3.05, 3.63) is 96.1 Å². The summed E-state index contributed by atoms with van der Waals surface area (Å²) in [6, 6.07) is 26.3. The van der Waals surface area contributed by atoms with Crippen molar-refractivity contribution < 1.29 is 23.9 Å². The average Bonchev–Trinajstić information content (AvgIpc) is 3.11. The second-order valence-corrected chi connectivity index (χ2v) is 13.7. The van der Waals surface area contributed by atoms with Crippen LogP contribution in [0.4, 0.5) is 0 Å². The van der Waals surface area contributed by atoms with Crippen molar-refractivity contribution in [2.24, 2.45) is 0 Å². The van der Waals surface area contributed by atoms with Crippen molar-refractivity contribution in [1.29, 1.82) is 0 Å². The zero-order chi connectivity index (χ0) is 34.1. The highest BCUT2D eigenvalue weighted by atomic mass is 32.2. The Labute approximate surface area is 290 Å². The molecular weight excluding hydrogens is 617 g/mol. The summed E-state index contributed by atoms with van der Waals surface area (Å²) < 4.78 is 11.2. The van der Waals surface area contributed by atoms with Crippen molar-refractivity contribution in [2.75, 3.05) is 5.75 Å². The third-order valence-electron chi connectivity index (χ3n) is 8.67. The fourth-order valence-corrected chi connectivity index (χ4v) is 6.56. The first-order chi connectivity index (χ1) is 23.4. The molecule has 5 nitrogen and oxygen atoms in total. The van der Waals surface area contributed by atoms with E-state index in [9.17, 15) is 14.4 Å². The van der Waals surface area contributed by atoms with E-state index in [1.165, 1.54) is 63.1 Å². The van der Waals surface area contributed by atoms with Crippen LogP contribution in [0.3, 0.4) is 0 Å². The monoisotopic (exact) mass is 666 g/mol. The van der Waals surface area contributed by atoms with Gasteiger partial charge in [0, 0.05) is 12.2 Å². The molecule has 0 aliphatic carbocycles. The minimum atomic E-state index is -0.434. The first-order valence-electron chi connectivity index (χ1n) is 17.7. The van der Waals surface area contributed by atoms with Crippen molar-refractivity contribution in [3.8, 4) is 22.6 Å². The van der Waals surface area contributed by atoms with Crippen LogP contribution in [-0.2, 0) is 9.59 Å². The lowest BCUT2D eigenvalue weighted by molar-refractivity contribution is -0.134. The highest BCUT2D eigenvalue weighted by Gasteiger charge is 2.17. The largest absolute Gasteiger partial charge is 0.427 e. The molecule has 0 aliphatic rings. The molecule has 6 heteroatoms. The Morgan fingerprint density at radius 1 is 0.604 bits per heavy atom. The minimum Gasteiger partial charge on any atom is -0.427 e. The Morgan fingerprint density at radius 3 is 1.85 bits per heavy atom. The van der Waals surface area contributed by atoms with Gasteiger partial charge in [-0.05, 0) is 76.7 Å². The number of carbonyl (C=O) groups is 3. The maximum Gasteiger partial charge on any atom is 0.343 e. The lowest BCUT2D eigenvalue weighted by Crippen LogP contribution is -2.08. The Morgan fingerprint density at radius 2 is 1.17 bits per heavy atom. The molecule has 0 spiro atoms. The summed E-state index contributed by atoms with van der Waals surface area (Å²) in [4.78, 5) is 37.9. The van der Waals surface area contributed by atoms with Gasteiger partial charge in [-0.3, -0.25) is 9.59 Å². The molecular formula is C42H50O5S. The van der Waals surface area contributed by atoms with Gasteiger partial charge in [0.05, 0.1) is 11.5 Å². The molecule has 48 heavy (non-hydrogen) atoms. The third kappa shape index (κ3) is 11.7. The van der Waals surface area contributed by atoms with Gasteiger partial charge in [-0.2, -0.15) is 0 Å². The maximum absolute atomic E-state index is 13.0. The van der Waals surface area contributed by atoms with E-state index in [1.807, 2.05) is 61.5 Å². The number of benzene rings is 4. The molecule has 0 amide bonds. The van der Waals surface area contributed by atoms with Crippen LogP contribution in [-0.4, -0.2) is 22.8 Å². The van der Waals surface area contributed by atoms with Crippen LogP contribution in [0.1, 0.15) is 120 Å². The summed E-state index contributed by atoms with van der Waals surface area (Å²) in [5.74, 6) is 1.07. The van der Waals surface area contributed by atoms with Crippen LogP contribution in [0.2, 0.25) is 0 Å². The zero-order valence-corrected chi connectivity index (χ0v) is 29.6. The van der Waals surface area contributed by atoms with Gasteiger partial charge < -0.3 is 9.47 Å². The van der Waals surface area contributed by atoms with Gasteiger partial charge in [0.15, 0.2) is 5.12 Å². The number of esters is 2. The smallest absolute Gasteiger partial charge is 0.343 e. The Bertz CT molecular complexity index is 1610. The number of ether oxygens (including phenoxy) is 2. The van der Waals surface area contributed by atoms with E-state index in [2.05, 4.69) is 13.8 Å². The van der Waals surface area contributed by atoms with E-state index < -0.39 is 5.97 Å². The van der Waals surface area contributed by atoms with Gasteiger partial charge in [0.2, 0.25) is 0 Å². The first-order valence-corrected chi connectivity index (χ1v) is 18.7. The number of hydrogen-bond donors (Lipinski definition) is 0. The van der Waals surface area contributed by atoms with E-state index in [-0.39, 0.29) is 17.0 Å². The van der Waals surface area contributed by atoms with Crippen LogP contribution in [0.5, 0.6) is 11.5 Å². The summed E-state index contributed by atoms with van der Waals surface area (Å²) in [5.41, 5.74) is 3.34. The van der Waals surface area contributed by atoms with Gasteiger partial charge >= 0.3 is 11.9 Å². The fraction of sp³-hybridized carbons (Fsp3) is 0.405. The third-order valence-corrected chi connectivity index (χ3v) is 9.80. The Hall–Kier alpha value is -3.90. The molecule has 1 atom stereocenters. The standard InChI is InChI=1S/C42H50O5S/c1-4-6-8-10-11-12-13-15-40(43)46-38-25-22-33(23-26-38)32-16-18-34(19-17-32)41(44)47-39-27-24-36-29-35(20-21-37(36)30-39)31(3)42(45)48-28-14-9-7-5-2/h16-27,29-31H,4-15,28H2,1-3H3/t31-/m0/s1. The summed E-state index contributed by atoms with van der Waals surface area (Å²) >= 11 is 1.44. The van der Waals surface area contributed by atoms with E-state index in [1.54, 1.807) is 30.3 Å². The van der Waals surface area contributed by atoms with E-state index in [4.69, 9.17) is 9.47 Å². The molecule has 0 aliphatic heterocycles. The molecule has 0 heterocycles. The molecule has 0 aromatic heterocycles. The molecule has 0 fully saturated rings. The SMILES string of the molecule is CCCCCCCCCC(=O)Oc1ccc(-c2ccc(C(=O)Oc3ccc4cc([C@H](C)C(=O)SCCCCCC)ccc4c3)cc2)cc1. The Balaban J connectivity index is 1.26. The summed E-state index contributed by atoms with van der Waals surface area (Å²) in [6.45, 7) is 6.37. The Kier molecular flexibility index (Phi) is 15.2. The minimum absolute atomic E-state index is 0.175. The van der Waals surface area contributed by atoms with E-state index in [0.717, 1.165) is 52.5 Å². The first kappa shape index (κ1) is 36.9. The lowest BCUT2D eigenvalue weighted by Gasteiger charge is -2.12. The predicted molar refractivity (Wildman–Crippen MR) is 199 cm³/mol. The maximum atomic E-state index is 13.0. The van der Waals surface area contributed by atoms with Gasteiger partial charge in [0.1, 0.15) is 11.5 Å². The number of rotatable bonds is 19. The molecule has 0 saturated heterocycles. The molecule has 4 aromatic carbocycles. The second-order valence-electron chi connectivity index (χ2n) is 12.6. The number of fused-ring (bicyclic) bond motifs is 1. The van der Waals surface area contributed by atoms with Crippen LogP contribution in [0.25, 0.3) is 21.9 Å². The lowest BCUT2D eigenvalue weighted by atomic mass is 9.98. The van der Waals surface area contributed by atoms with Gasteiger partial charge in [-0.1, -0.05) is 139 Å².